The van der Waals surface area contributed by atoms with E-state index in [1.165, 1.54) is 5.56 Å². The summed E-state index contributed by atoms with van der Waals surface area (Å²) in [4.78, 5) is 50.8. The summed E-state index contributed by atoms with van der Waals surface area (Å²) < 4.78 is 11.3. The summed E-state index contributed by atoms with van der Waals surface area (Å²) in [5.41, 5.74) is 5.92. The van der Waals surface area contributed by atoms with Gasteiger partial charge in [-0.3, -0.25) is 9.59 Å². The van der Waals surface area contributed by atoms with E-state index in [1.54, 1.807) is 0 Å². The molecule has 0 aliphatic carbocycles. The number of benzene rings is 1. The third-order valence-electron chi connectivity index (χ3n) is 8.88. The van der Waals surface area contributed by atoms with Crippen molar-refractivity contribution in [3.8, 4) is 11.1 Å². The quantitative estimate of drug-likeness (QED) is 0.396. The van der Waals surface area contributed by atoms with E-state index in [4.69, 9.17) is 9.47 Å². The number of hydrogen-bond donors (Lipinski definition) is 1. The third kappa shape index (κ3) is 5.14. The van der Waals surface area contributed by atoms with Gasteiger partial charge in [-0.25, -0.2) is 9.78 Å². The Balaban J connectivity index is 1.41. The number of aromatic amines is 1. The zero-order chi connectivity index (χ0) is 30.0. The molecule has 0 saturated carbocycles. The van der Waals surface area contributed by atoms with Crippen LogP contribution in [-0.4, -0.2) is 62.0 Å². The summed E-state index contributed by atoms with van der Waals surface area (Å²) in [6.45, 7) is 12.9. The van der Waals surface area contributed by atoms with E-state index >= 15 is 0 Å². The van der Waals surface area contributed by atoms with Crippen molar-refractivity contribution in [1.82, 2.24) is 19.8 Å². The Kier molecular flexibility index (Phi) is 6.82. The number of aromatic nitrogens is 2. The van der Waals surface area contributed by atoms with E-state index in [2.05, 4.69) is 35.1 Å². The summed E-state index contributed by atoms with van der Waals surface area (Å²) >= 11 is 0. The number of carbonyl (C=O) groups is 3. The number of rotatable bonds is 3. The minimum absolute atomic E-state index is 0.0560. The SMILES string of the molecule is Cc1c[nH]c2ncc(-c3cc4c(c([C@@H]5CCCN5C(=O)OC(C)(C)C)c3)CN(C(=O)C3CC(=O)OC3(C)C)CC4)cc12. The second-order valence-electron chi connectivity index (χ2n) is 13.5. The molecule has 1 aromatic carbocycles. The summed E-state index contributed by atoms with van der Waals surface area (Å²) in [6, 6.07) is 6.39. The molecule has 0 bridgehead atoms. The van der Waals surface area contributed by atoms with Crippen LogP contribution < -0.4 is 0 Å². The maximum atomic E-state index is 13.8. The molecule has 222 valence electrons. The average molecular weight is 573 g/mol. The molecule has 1 unspecified atom stereocenters. The lowest BCUT2D eigenvalue weighted by molar-refractivity contribution is -0.149. The highest BCUT2D eigenvalue weighted by Gasteiger charge is 2.48. The maximum Gasteiger partial charge on any atom is 0.410 e. The Morgan fingerprint density at radius 1 is 1.14 bits per heavy atom. The minimum Gasteiger partial charge on any atom is -0.459 e. The molecule has 0 radical (unpaired) electrons. The van der Waals surface area contributed by atoms with Crippen LogP contribution in [0.4, 0.5) is 4.79 Å². The molecule has 0 spiro atoms. The molecule has 6 rings (SSSR count). The molecule has 42 heavy (non-hydrogen) atoms. The van der Waals surface area contributed by atoms with Crippen molar-refractivity contribution in [1.29, 1.82) is 0 Å². The highest BCUT2D eigenvalue weighted by molar-refractivity contribution is 5.88. The number of H-pyrrole nitrogens is 1. The Hall–Kier alpha value is -3.88. The van der Waals surface area contributed by atoms with E-state index in [9.17, 15) is 14.4 Å². The number of ether oxygens (including phenoxy) is 2. The van der Waals surface area contributed by atoms with Crippen LogP contribution in [0, 0.1) is 12.8 Å². The van der Waals surface area contributed by atoms with Crippen molar-refractivity contribution in [2.75, 3.05) is 13.1 Å². The van der Waals surface area contributed by atoms with Gasteiger partial charge in [-0.2, -0.15) is 0 Å². The topological polar surface area (TPSA) is 105 Å². The van der Waals surface area contributed by atoms with Gasteiger partial charge in [0.2, 0.25) is 5.91 Å². The van der Waals surface area contributed by atoms with Crippen LogP contribution in [0.2, 0.25) is 0 Å². The fourth-order valence-electron chi connectivity index (χ4n) is 6.70. The van der Waals surface area contributed by atoms with Gasteiger partial charge >= 0.3 is 12.1 Å². The molecule has 3 aromatic rings. The number of likely N-dealkylation sites (tertiary alicyclic amines) is 1. The van der Waals surface area contributed by atoms with Crippen LogP contribution in [0.5, 0.6) is 0 Å². The van der Waals surface area contributed by atoms with Gasteiger partial charge in [-0.05, 0) is 101 Å². The van der Waals surface area contributed by atoms with Gasteiger partial charge in [-0.15, -0.1) is 0 Å². The Labute approximate surface area is 246 Å². The number of fused-ring (bicyclic) bond motifs is 2. The second kappa shape index (κ2) is 10.1. The number of pyridine rings is 1. The monoisotopic (exact) mass is 572 g/mol. The number of hydrogen-bond acceptors (Lipinski definition) is 6. The first-order valence-electron chi connectivity index (χ1n) is 14.9. The fourth-order valence-corrected chi connectivity index (χ4v) is 6.70. The fraction of sp³-hybridized carbons (Fsp3) is 0.515. The van der Waals surface area contributed by atoms with Gasteiger partial charge in [0.25, 0.3) is 0 Å². The van der Waals surface area contributed by atoms with Gasteiger partial charge in [0.1, 0.15) is 16.8 Å². The second-order valence-corrected chi connectivity index (χ2v) is 13.5. The van der Waals surface area contributed by atoms with Gasteiger partial charge in [0.15, 0.2) is 0 Å². The highest BCUT2D eigenvalue weighted by Crippen LogP contribution is 2.41. The molecular formula is C33H40N4O5. The average Bonchev–Trinajstić information content (AvgIpc) is 3.63. The lowest BCUT2D eigenvalue weighted by atomic mass is 9.85. The Morgan fingerprint density at radius 3 is 2.64 bits per heavy atom. The summed E-state index contributed by atoms with van der Waals surface area (Å²) in [6.07, 6.45) is 6.01. The Morgan fingerprint density at radius 2 is 1.93 bits per heavy atom. The molecular weight excluding hydrogens is 532 g/mol. The van der Waals surface area contributed by atoms with E-state index in [-0.39, 0.29) is 30.4 Å². The predicted octanol–water partition coefficient (Wildman–Crippen LogP) is 5.84. The van der Waals surface area contributed by atoms with Crippen LogP contribution in [0.15, 0.2) is 30.6 Å². The molecule has 9 nitrogen and oxygen atoms in total. The normalized spacial score (nSPS) is 21.9. The number of nitrogens with zero attached hydrogens (tertiary/aromatic N) is 3. The molecule has 9 heteroatoms. The molecule has 1 N–H and O–H groups in total. The van der Waals surface area contributed by atoms with E-state index in [0.717, 1.165) is 51.7 Å². The predicted molar refractivity (Wildman–Crippen MR) is 159 cm³/mol. The number of aryl methyl sites for hydroxylation is 1. The van der Waals surface area contributed by atoms with E-state index < -0.39 is 17.1 Å². The lowest BCUT2D eigenvalue weighted by Gasteiger charge is -2.36. The Bertz CT molecular complexity index is 1580. The standard InChI is InChI=1S/C33H40N4O5/c1-19-16-34-29-23(19)14-22(17-35-29)21-12-20-9-11-36(30(39)26-15-28(38)41-33(26,5)6)18-25(20)24(13-21)27-8-7-10-37(27)31(40)42-32(2,3)4/h12-14,16-17,26-27H,7-11,15,18H2,1-6H3,(H,34,35)/t26?,27-/m0/s1. The minimum atomic E-state index is -0.831. The first kappa shape index (κ1) is 28.2. The van der Waals surface area contributed by atoms with Crippen molar-refractivity contribution in [3.05, 3.63) is 52.8 Å². The van der Waals surface area contributed by atoms with Gasteiger partial charge in [0.05, 0.1) is 18.4 Å². The molecule has 2 amide bonds. The van der Waals surface area contributed by atoms with E-state index in [1.807, 2.05) is 56.8 Å². The number of cyclic esters (lactones) is 1. The van der Waals surface area contributed by atoms with Crippen LogP contribution in [-0.2, 0) is 32.0 Å². The summed E-state index contributed by atoms with van der Waals surface area (Å²) in [5, 5.41) is 1.08. The zero-order valence-electron chi connectivity index (χ0n) is 25.4. The molecule has 2 fully saturated rings. The number of amides is 2. The lowest BCUT2D eigenvalue weighted by Crippen LogP contribution is -2.45. The van der Waals surface area contributed by atoms with Crippen molar-refractivity contribution >= 4 is 29.0 Å². The van der Waals surface area contributed by atoms with Crippen molar-refractivity contribution in [3.63, 3.8) is 0 Å². The largest absolute Gasteiger partial charge is 0.459 e. The number of carbonyl (C=O) groups excluding carboxylic acids is 3. The zero-order valence-corrected chi connectivity index (χ0v) is 25.4. The third-order valence-corrected chi connectivity index (χ3v) is 8.88. The van der Waals surface area contributed by atoms with Crippen molar-refractivity contribution in [2.24, 2.45) is 5.92 Å². The first-order chi connectivity index (χ1) is 19.8. The summed E-state index contributed by atoms with van der Waals surface area (Å²) in [5.74, 6) is -0.899. The number of nitrogens with one attached hydrogen (secondary N) is 1. The molecule has 3 aliphatic rings. The molecule has 2 saturated heterocycles. The first-order valence-corrected chi connectivity index (χ1v) is 14.9. The molecule has 2 atom stereocenters. The van der Waals surface area contributed by atoms with Crippen molar-refractivity contribution < 1.29 is 23.9 Å². The van der Waals surface area contributed by atoms with Crippen LogP contribution >= 0.6 is 0 Å². The smallest absolute Gasteiger partial charge is 0.410 e. The summed E-state index contributed by atoms with van der Waals surface area (Å²) in [7, 11) is 0. The van der Waals surface area contributed by atoms with Crippen LogP contribution in [0.1, 0.15) is 82.2 Å². The van der Waals surface area contributed by atoms with Gasteiger partial charge in [0, 0.05) is 43.0 Å². The highest BCUT2D eigenvalue weighted by atomic mass is 16.6. The number of esters is 1. The van der Waals surface area contributed by atoms with Crippen LogP contribution in [0.3, 0.4) is 0 Å². The van der Waals surface area contributed by atoms with Crippen LogP contribution in [0.25, 0.3) is 22.2 Å². The maximum absolute atomic E-state index is 13.8. The molecule has 2 aromatic heterocycles. The van der Waals surface area contributed by atoms with Gasteiger partial charge in [-0.1, -0.05) is 6.07 Å². The van der Waals surface area contributed by atoms with E-state index in [0.29, 0.717) is 26.1 Å². The molecule has 5 heterocycles. The van der Waals surface area contributed by atoms with Crippen molar-refractivity contribution in [2.45, 2.75) is 91.0 Å². The molecule has 3 aliphatic heterocycles. The van der Waals surface area contributed by atoms with Gasteiger partial charge < -0.3 is 24.3 Å².